The van der Waals surface area contributed by atoms with Gasteiger partial charge in [-0.05, 0) is 18.2 Å². The smallest absolute Gasteiger partial charge is 0.335 e. The molecule has 1 saturated heterocycles. The van der Waals surface area contributed by atoms with Gasteiger partial charge in [-0.25, -0.2) is 22.3 Å². The first-order valence-corrected chi connectivity index (χ1v) is 7.54. The molecule has 2 rings (SSSR count). The van der Waals surface area contributed by atoms with E-state index in [4.69, 9.17) is 9.84 Å². The van der Waals surface area contributed by atoms with Crippen molar-refractivity contribution in [2.45, 2.75) is 16.9 Å². The molecule has 0 amide bonds. The molecule has 1 fully saturated rings. The summed E-state index contributed by atoms with van der Waals surface area (Å²) in [7, 11) is -4.28. The average Bonchev–Trinajstić information content (AvgIpc) is 2.84. The molecule has 9 heteroatoms. The molecule has 1 aromatic carbocycles. The number of nitrogens with one attached hydrogen (secondary N) is 1. The lowest BCUT2D eigenvalue weighted by molar-refractivity contribution is 0.0314. The average molecular weight is 319 g/mol. The highest BCUT2D eigenvalue weighted by Gasteiger charge is 2.34. The number of hydrogen-bond donors (Lipinski definition) is 3. The Hall–Kier alpha value is -1.55. The minimum Gasteiger partial charge on any atom is -0.478 e. The van der Waals surface area contributed by atoms with Crippen LogP contribution in [0, 0.1) is 5.82 Å². The third-order valence-corrected chi connectivity index (χ3v) is 4.56. The van der Waals surface area contributed by atoms with Gasteiger partial charge < -0.3 is 14.9 Å². The Labute approximate surface area is 120 Å². The standard InChI is InChI=1S/C12H14FNO6S/c13-9-2-1-8(11(15)16)5-10(9)21(18,19)14-6-12(17)3-4-20-7-12/h1-2,5,14,17H,3-4,6-7H2,(H,15,16). The second-order valence-corrected chi connectivity index (χ2v) is 6.54. The molecule has 1 aliphatic rings. The van der Waals surface area contributed by atoms with Gasteiger partial charge in [0.05, 0.1) is 12.2 Å². The Bertz CT molecular complexity index is 654. The van der Waals surface area contributed by atoms with Crippen LogP contribution in [0.3, 0.4) is 0 Å². The van der Waals surface area contributed by atoms with Gasteiger partial charge >= 0.3 is 5.97 Å². The van der Waals surface area contributed by atoms with Crippen LogP contribution in [0.4, 0.5) is 4.39 Å². The summed E-state index contributed by atoms with van der Waals surface area (Å²) in [6, 6.07) is 2.47. The van der Waals surface area contributed by atoms with Gasteiger partial charge in [0.1, 0.15) is 16.3 Å². The summed E-state index contributed by atoms with van der Waals surface area (Å²) < 4.78 is 44.7. The summed E-state index contributed by atoms with van der Waals surface area (Å²) in [4.78, 5) is 10.0. The van der Waals surface area contributed by atoms with Crippen LogP contribution in [0.2, 0.25) is 0 Å². The van der Waals surface area contributed by atoms with Crippen molar-refractivity contribution in [2.24, 2.45) is 0 Å². The third-order valence-electron chi connectivity index (χ3n) is 3.14. The molecule has 3 N–H and O–H groups in total. The molecule has 0 radical (unpaired) electrons. The predicted molar refractivity (Wildman–Crippen MR) is 68.9 cm³/mol. The van der Waals surface area contributed by atoms with Crippen molar-refractivity contribution in [2.75, 3.05) is 19.8 Å². The van der Waals surface area contributed by atoms with E-state index in [0.717, 1.165) is 18.2 Å². The predicted octanol–water partition coefficient (Wildman–Crippen LogP) is -0.0464. The Balaban J connectivity index is 2.23. The van der Waals surface area contributed by atoms with Crippen molar-refractivity contribution in [3.05, 3.63) is 29.6 Å². The van der Waals surface area contributed by atoms with E-state index in [0.29, 0.717) is 6.61 Å². The zero-order chi connectivity index (χ0) is 15.7. The van der Waals surface area contributed by atoms with E-state index < -0.39 is 32.3 Å². The van der Waals surface area contributed by atoms with E-state index in [1.54, 1.807) is 0 Å². The maximum absolute atomic E-state index is 13.6. The van der Waals surface area contributed by atoms with Gasteiger partial charge in [-0.15, -0.1) is 0 Å². The molecule has 7 nitrogen and oxygen atoms in total. The highest BCUT2D eigenvalue weighted by Crippen LogP contribution is 2.20. The molecule has 1 aromatic rings. The third kappa shape index (κ3) is 3.56. The van der Waals surface area contributed by atoms with Gasteiger partial charge in [-0.3, -0.25) is 0 Å². The molecule has 1 atom stereocenters. The normalized spacial score (nSPS) is 22.4. The summed E-state index contributed by atoms with van der Waals surface area (Å²) in [5.74, 6) is -2.43. The van der Waals surface area contributed by atoms with Crippen LogP contribution in [-0.4, -0.2) is 50.0 Å². The number of aliphatic hydroxyl groups is 1. The van der Waals surface area contributed by atoms with Crippen LogP contribution in [0.1, 0.15) is 16.8 Å². The quantitative estimate of drug-likeness (QED) is 0.701. The van der Waals surface area contributed by atoms with Gasteiger partial charge in [-0.2, -0.15) is 0 Å². The number of halogens is 1. The number of carbonyl (C=O) groups is 1. The summed E-state index contributed by atoms with van der Waals surface area (Å²) in [5.41, 5.74) is -1.69. The second-order valence-electron chi connectivity index (χ2n) is 4.80. The zero-order valence-corrected chi connectivity index (χ0v) is 11.7. The van der Waals surface area contributed by atoms with Gasteiger partial charge in [0.25, 0.3) is 0 Å². The van der Waals surface area contributed by atoms with Gasteiger partial charge in [0, 0.05) is 19.6 Å². The highest BCUT2D eigenvalue weighted by atomic mass is 32.2. The molecule has 1 heterocycles. The van der Waals surface area contributed by atoms with Crippen molar-refractivity contribution in [1.29, 1.82) is 0 Å². The minimum atomic E-state index is -4.28. The number of carboxylic acid groups (broad SMARTS) is 1. The molecule has 1 unspecified atom stereocenters. The number of aromatic carboxylic acids is 1. The van der Waals surface area contributed by atoms with E-state index in [1.807, 2.05) is 0 Å². The van der Waals surface area contributed by atoms with Gasteiger partial charge in [0.2, 0.25) is 10.0 Å². The fraction of sp³-hybridized carbons (Fsp3) is 0.417. The van der Waals surface area contributed by atoms with Crippen molar-refractivity contribution < 1.29 is 32.6 Å². The molecule has 0 saturated carbocycles. The number of rotatable bonds is 5. The maximum Gasteiger partial charge on any atom is 0.335 e. The lowest BCUT2D eigenvalue weighted by Crippen LogP contribution is -2.43. The van der Waals surface area contributed by atoms with Crippen LogP contribution in [0.25, 0.3) is 0 Å². The van der Waals surface area contributed by atoms with E-state index in [2.05, 4.69) is 4.72 Å². The molecular weight excluding hydrogens is 305 g/mol. The highest BCUT2D eigenvalue weighted by molar-refractivity contribution is 7.89. The Morgan fingerprint density at radius 3 is 2.76 bits per heavy atom. The fourth-order valence-electron chi connectivity index (χ4n) is 1.89. The molecule has 21 heavy (non-hydrogen) atoms. The first kappa shape index (κ1) is 15.8. The van der Waals surface area contributed by atoms with Crippen LogP contribution in [0.5, 0.6) is 0 Å². The molecule has 0 spiro atoms. The summed E-state index contributed by atoms with van der Waals surface area (Å²) in [5, 5.41) is 18.8. The fourth-order valence-corrected chi connectivity index (χ4v) is 3.11. The largest absolute Gasteiger partial charge is 0.478 e. The number of ether oxygens (including phenoxy) is 1. The maximum atomic E-state index is 13.6. The Kier molecular flexibility index (Phi) is 4.28. The molecule has 116 valence electrons. The zero-order valence-electron chi connectivity index (χ0n) is 10.9. The number of benzene rings is 1. The lowest BCUT2D eigenvalue weighted by Gasteiger charge is -2.20. The molecule has 0 bridgehead atoms. The number of sulfonamides is 1. The summed E-state index contributed by atoms with van der Waals surface area (Å²) in [6.07, 6.45) is 0.257. The molecule has 0 aliphatic carbocycles. The topological polar surface area (TPSA) is 113 Å². The number of carboxylic acids is 1. The molecular formula is C12H14FNO6S. The Morgan fingerprint density at radius 2 is 2.19 bits per heavy atom. The lowest BCUT2D eigenvalue weighted by atomic mass is 10.1. The first-order chi connectivity index (χ1) is 9.73. The van der Waals surface area contributed by atoms with Crippen LogP contribution in [-0.2, 0) is 14.8 Å². The van der Waals surface area contributed by atoms with Crippen LogP contribution >= 0.6 is 0 Å². The van der Waals surface area contributed by atoms with E-state index in [1.165, 1.54) is 0 Å². The summed E-state index contributed by atoms with van der Waals surface area (Å²) >= 11 is 0. The van der Waals surface area contributed by atoms with Gasteiger partial charge in [-0.1, -0.05) is 0 Å². The monoisotopic (exact) mass is 319 g/mol. The van der Waals surface area contributed by atoms with Crippen molar-refractivity contribution in [3.63, 3.8) is 0 Å². The number of hydrogen-bond acceptors (Lipinski definition) is 5. The van der Waals surface area contributed by atoms with E-state index in [-0.39, 0.29) is 25.1 Å². The Morgan fingerprint density at radius 1 is 1.48 bits per heavy atom. The van der Waals surface area contributed by atoms with Gasteiger partial charge in [0.15, 0.2) is 0 Å². The molecule has 1 aliphatic heterocycles. The van der Waals surface area contributed by atoms with Crippen LogP contribution in [0.15, 0.2) is 23.1 Å². The van der Waals surface area contributed by atoms with Crippen molar-refractivity contribution >= 4 is 16.0 Å². The molecule has 0 aromatic heterocycles. The summed E-state index contributed by atoms with van der Waals surface area (Å²) in [6.45, 7) is -0.0552. The van der Waals surface area contributed by atoms with Crippen LogP contribution < -0.4 is 4.72 Å². The van der Waals surface area contributed by atoms with Crippen molar-refractivity contribution in [1.82, 2.24) is 4.72 Å². The van der Waals surface area contributed by atoms with E-state index >= 15 is 0 Å². The van der Waals surface area contributed by atoms with E-state index in [9.17, 15) is 22.7 Å². The first-order valence-electron chi connectivity index (χ1n) is 6.06. The second kappa shape index (κ2) is 5.68. The minimum absolute atomic E-state index is 0.0207. The van der Waals surface area contributed by atoms with Crippen molar-refractivity contribution in [3.8, 4) is 0 Å². The SMILES string of the molecule is O=C(O)c1ccc(F)c(S(=O)(=O)NCC2(O)CCOC2)c1.